The minimum absolute atomic E-state index is 0.263. The van der Waals surface area contributed by atoms with Crippen molar-refractivity contribution < 1.29 is 19.2 Å². The van der Waals surface area contributed by atoms with Crippen molar-refractivity contribution >= 4 is 12.0 Å². The molecule has 0 aliphatic rings. The highest BCUT2D eigenvalue weighted by Gasteiger charge is 2.12. The lowest BCUT2D eigenvalue weighted by atomic mass is 10.2. The van der Waals surface area contributed by atoms with E-state index in [4.69, 9.17) is 9.47 Å². The first kappa shape index (κ1) is 16.2. The van der Waals surface area contributed by atoms with Crippen LogP contribution in [0.4, 0.5) is 0 Å². The summed E-state index contributed by atoms with van der Waals surface area (Å²) in [5.41, 5.74) is 0.997. The third kappa shape index (κ3) is 4.67. The Balaban J connectivity index is 2.23. The van der Waals surface area contributed by atoms with Crippen molar-refractivity contribution in [3.05, 3.63) is 76.0 Å². The van der Waals surface area contributed by atoms with Crippen LogP contribution in [0.1, 0.15) is 22.8 Å². The highest BCUT2D eigenvalue weighted by atomic mass is 16.6. The number of hydrogen-bond donors (Lipinski definition) is 0. The van der Waals surface area contributed by atoms with Crippen molar-refractivity contribution in [3.8, 4) is 11.5 Å². The Bertz CT molecular complexity index is 725. The van der Waals surface area contributed by atoms with Crippen molar-refractivity contribution in [2.75, 3.05) is 6.61 Å². The maximum atomic E-state index is 12.1. The van der Waals surface area contributed by atoms with Crippen molar-refractivity contribution in [1.29, 1.82) is 0 Å². The molecule has 0 aliphatic heterocycles. The van der Waals surface area contributed by atoms with E-state index < -0.39 is 10.9 Å². The first-order chi connectivity index (χ1) is 11.1. The molecule has 0 spiro atoms. The van der Waals surface area contributed by atoms with Crippen molar-refractivity contribution in [3.63, 3.8) is 0 Å². The van der Waals surface area contributed by atoms with Gasteiger partial charge in [0.05, 0.1) is 17.1 Å². The molecule has 0 saturated carbocycles. The lowest BCUT2D eigenvalue weighted by Gasteiger charge is -2.11. The Morgan fingerprint density at radius 2 is 1.91 bits per heavy atom. The Morgan fingerprint density at radius 1 is 1.17 bits per heavy atom. The maximum Gasteiger partial charge on any atom is 0.343 e. The number of benzene rings is 2. The number of rotatable bonds is 6. The van der Waals surface area contributed by atoms with E-state index in [9.17, 15) is 14.9 Å². The molecule has 0 N–H and O–H groups in total. The van der Waals surface area contributed by atoms with E-state index >= 15 is 0 Å². The number of hydrogen-bond acceptors (Lipinski definition) is 5. The van der Waals surface area contributed by atoms with Gasteiger partial charge in [0, 0.05) is 6.08 Å². The van der Waals surface area contributed by atoms with Crippen LogP contribution in [0.2, 0.25) is 0 Å². The van der Waals surface area contributed by atoms with Crippen molar-refractivity contribution in [2.24, 2.45) is 0 Å². The summed E-state index contributed by atoms with van der Waals surface area (Å²) >= 11 is 0. The van der Waals surface area contributed by atoms with Gasteiger partial charge in [-0.15, -0.1) is 0 Å². The highest BCUT2D eigenvalue weighted by Crippen LogP contribution is 2.29. The van der Waals surface area contributed by atoms with Crippen LogP contribution in [0.3, 0.4) is 0 Å². The molecule has 0 aliphatic carbocycles. The summed E-state index contributed by atoms with van der Waals surface area (Å²) in [6.07, 6.45) is 2.17. The van der Waals surface area contributed by atoms with Crippen LogP contribution in [-0.2, 0) is 0 Å². The summed E-state index contributed by atoms with van der Waals surface area (Å²) in [7, 11) is 0. The van der Waals surface area contributed by atoms with Gasteiger partial charge < -0.3 is 9.47 Å². The first-order valence-corrected chi connectivity index (χ1v) is 6.96. The molecule has 0 radical (unpaired) electrons. The quantitative estimate of drug-likeness (QED) is 0.353. The molecular weight excluding hydrogens is 298 g/mol. The van der Waals surface area contributed by atoms with Gasteiger partial charge in [-0.25, -0.2) is 4.79 Å². The minimum Gasteiger partial charge on any atom is -0.490 e. The van der Waals surface area contributed by atoms with E-state index in [0.717, 1.165) is 6.20 Å². The van der Waals surface area contributed by atoms with Gasteiger partial charge in [0.2, 0.25) is 6.20 Å². The number of carbonyl (C=O) groups excluding carboxylic acids is 1. The normalized spacial score (nSPS) is 10.5. The maximum absolute atomic E-state index is 12.1. The number of ether oxygens (including phenoxy) is 2. The topological polar surface area (TPSA) is 78.7 Å². The summed E-state index contributed by atoms with van der Waals surface area (Å²) in [6.45, 7) is 2.17. The molecule has 0 fully saturated rings. The molecule has 2 aromatic rings. The van der Waals surface area contributed by atoms with Crippen LogP contribution in [-0.4, -0.2) is 17.5 Å². The van der Waals surface area contributed by atoms with E-state index in [2.05, 4.69) is 0 Å². The summed E-state index contributed by atoms with van der Waals surface area (Å²) in [6, 6.07) is 13.3. The van der Waals surface area contributed by atoms with Crippen LogP contribution >= 0.6 is 0 Å². The molecular formula is C17H15NO5. The standard InChI is InChI=1S/C17H15NO5/c1-2-22-16-12-13(10-11-18(20)21)8-9-15(16)23-17(19)14-6-4-3-5-7-14/h3-12H,2H2,1H3/b11-10+. The fourth-order valence-electron chi connectivity index (χ4n) is 1.86. The van der Waals surface area contributed by atoms with E-state index in [0.29, 0.717) is 23.5 Å². The molecule has 2 aromatic carbocycles. The predicted molar refractivity (Wildman–Crippen MR) is 85.0 cm³/mol. The van der Waals surface area contributed by atoms with Gasteiger partial charge in [-0.1, -0.05) is 24.3 Å². The first-order valence-electron chi connectivity index (χ1n) is 6.96. The third-order valence-corrected chi connectivity index (χ3v) is 2.87. The zero-order valence-electron chi connectivity index (χ0n) is 12.5. The van der Waals surface area contributed by atoms with Gasteiger partial charge >= 0.3 is 5.97 Å². The van der Waals surface area contributed by atoms with Crippen LogP contribution in [0.15, 0.2) is 54.7 Å². The summed E-state index contributed by atoms with van der Waals surface area (Å²) in [5.74, 6) is 0.112. The van der Waals surface area contributed by atoms with Gasteiger partial charge in [-0.2, -0.15) is 0 Å². The highest BCUT2D eigenvalue weighted by molar-refractivity contribution is 5.91. The van der Waals surface area contributed by atoms with Gasteiger partial charge in [0.1, 0.15) is 0 Å². The van der Waals surface area contributed by atoms with Crippen molar-refractivity contribution in [2.45, 2.75) is 6.92 Å². The number of nitrogens with zero attached hydrogens (tertiary/aromatic N) is 1. The largest absolute Gasteiger partial charge is 0.490 e. The van der Waals surface area contributed by atoms with Gasteiger partial charge in [0.15, 0.2) is 11.5 Å². The van der Waals surface area contributed by atoms with Gasteiger partial charge in [-0.05, 0) is 36.8 Å². The average Bonchev–Trinajstić information content (AvgIpc) is 2.56. The Hall–Kier alpha value is -3.15. The van der Waals surface area contributed by atoms with Gasteiger partial charge in [-0.3, -0.25) is 10.1 Å². The smallest absolute Gasteiger partial charge is 0.343 e. The molecule has 2 rings (SSSR count). The average molecular weight is 313 g/mol. The minimum atomic E-state index is -0.552. The molecule has 0 heterocycles. The Kier molecular flexibility index (Phi) is 5.46. The molecule has 23 heavy (non-hydrogen) atoms. The fraction of sp³-hybridized carbons (Fsp3) is 0.118. The van der Waals surface area contributed by atoms with Gasteiger partial charge in [0.25, 0.3) is 0 Å². The summed E-state index contributed by atoms with van der Waals surface area (Å²) < 4.78 is 10.8. The molecule has 0 saturated heterocycles. The molecule has 0 atom stereocenters. The fourth-order valence-corrected chi connectivity index (χ4v) is 1.86. The second-order valence-electron chi connectivity index (χ2n) is 4.50. The molecule has 6 nitrogen and oxygen atoms in total. The predicted octanol–water partition coefficient (Wildman–Crippen LogP) is 3.55. The molecule has 0 bridgehead atoms. The summed E-state index contributed by atoms with van der Waals surface area (Å²) in [5, 5.41) is 10.4. The lowest BCUT2D eigenvalue weighted by molar-refractivity contribution is -0.400. The zero-order chi connectivity index (χ0) is 16.7. The molecule has 0 amide bonds. The van der Waals surface area contributed by atoms with Crippen molar-refractivity contribution in [1.82, 2.24) is 0 Å². The van der Waals surface area contributed by atoms with E-state index in [1.165, 1.54) is 6.08 Å². The van der Waals surface area contributed by atoms with Crippen LogP contribution < -0.4 is 9.47 Å². The van der Waals surface area contributed by atoms with Crippen LogP contribution in [0, 0.1) is 10.1 Å². The summed E-state index contributed by atoms with van der Waals surface area (Å²) in [4.78, 5) is 21.9. The second-order valence-corrected chi connectivity index (χ2v) is 4.50. The lowest BCUT2D eigenvalue weighted by Crippen LogP contribution is -2.09. The third-order valence-electron chi connectivity index (χ3n) is 2.87. The molecule has 118 valence electrons. The number of nitro groups is 1. The second kappa shape index (κ2) is 7.74. The van der Waals surface area contributed by atoms with E-state index in [1.807, 2.05) is 0 Å². The van der Waals surface area contributed by atoms with Crippen LogP contribution in [0.25, 0.3) is 6.08 Å². The molecule has 0 aromatic heterocycles. The van der Waals surface area contributed by atoms with E-state index in [-0.39, 0.29) is 5.75 Å². The monoisotopic (exact) mass is 313 g/mol. The molecule has 6 heteroatoms. The molecule has 0 unspecified atom stereocenters. The number of esters is 1. The Labute approximate surface area is 133 Å². The zero-order valence-corrected chi connectivity index (χ0v) is 12.5. The number of carbonyl (C=O) groups is 1. The van der Waals surface area contributed by atoms with Crippen LogP contribution in [0.5, 0.6) is 11.5 Å². The SMILES string of the molecule is CCOc1cc(/C=C/[N+](=O)[O-])ccc1OC(=O)c1ccccc1. The van der Waals surface area contributed by atoms with E-state index in [1.54, 1.807) is 55.5 Å². The Morgan fingerprint density at radius 3 is 2.57 bits per heavy atom.